The zero-order valence-electron chi connectivity index (χ0n) is 12.2. The van der Waals surface area contributed by atoms with Gasteiger partial charge in [-0.1, -0.05) is 30.3 Å². The standard InChI is InChI=1S/C14H18N2O5.ClH/c1-15(7-10-5-3-2-4-6-10)11-8-19-14-12(21-16(17)18)9-20-13(11)14;/h2-6,11-14H,7-9H2,1H3;1H/t11-,12-,13+,14+;/m0./s1. The topological polar surface area (TPSA) is 74.1 Å². The maximum absolute atomic E-state index is 10.5. The summed E-state index contributed by atoms with van der Waals surface area (Å²) in [5.41, 5.74) is 1.21. The van der Waals surface area contributed by atoms with Crippen molar-refractivity contribution in [2.24, 2.45) is 0 Å². The fourth-order valence-corrected chi connectivity index (χ4v) is 3.01. The molecule has 1 aromatic rings. The molecule has 3 rings (SSSR count). The Hall–Kier alpha value is -1.41. The highest BCUT2D eigenvalue weighted by atomic mass is 35.5. The molecule has 1 aromatic carbocycles. The lowest BCUT2D eigenvalue weighted by atomic mass is 10.1. The third-order valence-corrected chi connectivity index (χ3v) is 4.04. The molecule has 122 valence electrons. The van der Waals surface area contributed by atoms with Crippen LogP contribution in [0.2, 0.25) is 0 Å². The highest BCUT2D eigenvalue weighted by Gasteiger charge is 2.50. The van der Waals surface area contributed by atoms with Gasteiger partial charge in [0.2, 0.25) is 0 Å². The normalized spacial score (nSPS) is 29.9. The molecular formula is C14H19ClN2O5. The molecular weight excluding hydrogens is 312 g/mol. The van der Waals surface area contributed by atoms with Crippen LogP contribution >= 0.6 is 12.4 Å². The van der Waals surface area contributed by atoms with Gasteiger partial charge in [0.1, 0.15) is 12.2 Å². The molecule has 2 saturated heterocycles. The molecule has 0 radical (unpaired) electrons. The van der Waals surface area contributed by atoms with Crippen LogP contribution in [0.1, 0.15) is 5.56 Å². The van der Waals surface area contributed by atoms with Crippen LogP contribution in [-0.2, 0) is 20.9 Å². The largest absolute Gasteiger partial charge is 0.371 e. The number of rotatable bonds is 5. The van der Waals surface area contributed by atoms with Gasteiger partial charge in [0.05, 0.1) is 19.3 Å². The smallest absolute Gasteiger partial charge is 0.294 e. The zero-order chi connectivity index (χ0) is 14.8. The fourth-order valence-electron chi connectivity index (χ4n) is 3.01. The number of likely N-dealkylation sites (N-methyl/N-ethyl adjacent to an activating group) is 1. The summed E-state index contributed by atoms with van der Waals surface area (Å²) in [6, 6.07) is 10.2. The van der Waals surface area contributed by atoms with E-state index in [1.54, 1.807) is 0 Å². The number of benzene rings is 1. The van der Waals surface area contributed by atoms with Gasteiger partial charge in [-0.05, 0) is 12.6 Å². The van der Waals surface area contributed by atoms with Crippen LogP contribution in [0.15, 0.2) is 30.3 Å². The van der Waals surface area contributed by atoms with Crippen molar-refractivity contribution < 1.29 is 19.4 Å². The minimum atomic E-state index is -0.777. The Kier molecular flexibility index (Phi) is 5.57. The molecule has 22 heavy (non-hydrogen) atoms. The molecule has 0 saturated carbocycles. The van der Waals surface area contributed by atoms with Crippen molar-refractivity contribution in [2.75, 3.05) is 20.3 Å². The number of fused-ring (bicyclic) bond motifs is 1. The summed E-state index contributed by atoms with van der Waals surface area (Å²) in [7, 11) is 2.01. The van der Waals surface area contributed by atoms with Crippen molar-refractivity contribution in [3.05, 3.63) is 46.0 Å². The van der Waals surface area contributed by atoms with E-state index in [-0.39, 0.29) is 37.3 Å². The van der Waals surface area contributed by atoms with Gasteiger partial charge in [-0.25, -0.2) is 0 Å². The van der Waals surface area contributed by atoms with Gasteiger partial charge in [-0.3, -0.25) is 4.90 Å². The van der Waals surface area contributed by atoms with Crippen molar-refractivity contribution in [3.63, 3.8) is 0 Å². The van der Waals surface area contributed by atoms with Gasteiger partial charge in [0.15, 0.2) is 6.10 Å². The molecule has 0 aliphatic carbocycles. The van der Waals surface area contributed by atoms with Crippen molar-refractivity contribution in [1.82, 2.24) is 4.90 Å². The van der Waals surface area contributed by atoms with Crippen LogP contribution in [0.25, 0.3) is 0 Å². The van der Waals surface area contributed by atoms with Crippen molar-refractivity contribution in [1.29, 1.82) is 0 Å². The van der Waals surface area contributed by atoms with E-state index in [2.05, 4.69) is 21.9 Å². The number of ether oxygens (including phenoxy) is 2. The van der Waals surface area contributed by atoms with Gasteiger partial charge >= 0.3 is 0 Å². The van der Waals surface area contributed by atoms with E-state index < -0.39 is 11.2 Å². The van der Waals surface area contributed by atoms with E-state index >= 15 is 0 Å². The van der Waals surface area contributed by atoms with Crippen LogP contribution < -0.4 is 0 Å². The predicted molar refractivity (Wildman–Crippen MR) is 80.3 cm³/mol. The van der Waals surface area contributed by atoms with E-state index in [0.29, 0.717) is 6.61 Å². The molecule has 0 amide bonds. The van der Waals surface area contributed by atoms with Crippen molar-refractivity contribution >= 4 is 12.4 Å². The molecule has 0 bridgehead atoms. The van der Waals surface area contributed by atoms with E-state index in [9.17, 15) is 10.1 Å². The van der Waals surface area contributed by atoms with Crippen molar-refractivity contribution in [3.8, 4) is 0 Å². The Morgan fingerprint density at radius 3 is 2.64 bits per heavy atom. The summed E-state index contributed by atoms with van der Waals surface area (Å²) in [5, 5.41) is 9.69. The average Bonchev–Trinajstić information content (AvgIpc) is 3.02. The third kappa shape index (κ3) is 3.49. The Morgan fingerprint density at radius 1 is 1.27 bits per heavy atom. The first-order valence-electron chi connectivity index (χ1n) is 6.93. The Labute approximate surface area is 134 Å². The van der Waals surface area contributed by atoms with Gasteiger partial charge in [0, 0.05) is 6.54 Å². The van der Waals surface area contributed by atoms with Crippen LogP contribution in [-0.4, -0.2) is 54.6 Å². The number of halogens is 1. The lowest BCUT2D eigenvalue weighted by Crippen LogP contribution is -2.42. The van der Waals surface area contributed by atoms with E-state index in [0.717, 1.165) is 6.54 Å². The summed E-state index contributed by atoms with van der Waals surface area (Å²) in [5.74, 6) is 0. The molecule has 2 aliphatic rings. The van der Waals surface area contributed by atoms with Crippen LogP contribution in [0.5, 0.6) is 0 Å². The lowest BCUT2D eigenvalue weighted by molar-refractivity contribution is -0.769. The summed E-state index contributed by atoms with van der Waals surface area (Å²) < 4.78 is 11.3. The number of hydrogen-bond donors (Lipinski definition) is 0. The van der Waals surface area contributed by atoms with Gasteiger partial charge in [0.25, 0.3) is 5.09 Å². The van der Waals surface area contributed by atoms with Gasteiger partial charge in [-0.2, -0.15) is 0 Å². The summed E-state index contributed by atoms with van der Waals surface area (Å²) in [4.78, 5) is 17.2. The Balaban J connectivity index is 0.00000176. The monoisotopic (exact) mass is 330 g/mol. The highest BCUT2D eigenvalue weighted by Crippen LogP contribution is 2.31. The minimum absolute atomic E-state index is 0. The summed E-state index contributed by atoms with van der Waals surface area (Å²) >= 11 is 0. The molecule has 0 unspecified atom stereocenters. The second-order valence-corrected chi connectivity index (χ2v) is 5.43. The minimum Gasteiger partial charge on any atom is -0.371 e. The number of hydrogen-bond acceptors (Lipinski definition) is 6. The first kappa shape index (κ1) is 17.0. The Bertz CT molecular complexity index is 503. The van der Waals surface area contributed by atoms with Crippen LogP contribution in [0, 0.1) is 10.1 Å². The molecule has 0 N–H and O–H groups in total. The molecule has 2 heterocycles. The second-order valence-electron chi connectivity index (χ2n) is 5.43. The second kappa shape index (κ2) is 7.23. The van der Waals surface area contributed by atoms with Crippen molar-refractivity contribution in [2.45, 2.75) is 30.9 Å². The van der Waals surface area contributed by atoms with Gasteiger partial charge in [-0.15, -0.1) is 22.5 Å². The molecule has 8 heteroatoms. The Morgan fingerprint density at radius 2 is 1.95 bits per heavy atom. The zero-order valence-corrected chi connectivity index (χ0v) is 13.0. The number of nitrogens with zero attached hydrogens (tertiary/aromatic N) is 2. The van der Waals surface area contributed by atoms with E-state index in [4.69, 9.17) is 9.47 Å². The van der Waals surface area contributed by atoms with E-state index in [1.807, 2.05) is 25.2 Å². The van der Waals surface area contributed by atoms with E-state index in [1.165, 1.54) is 5.56 Å². The predicted octanol–water partition coefficient (Wildman–Crippen LogP) is 1.28. The maximum Gasteiger partial charge on any atom is 0.294 e. The SMILES string of the molecule is CN(Cc1ccccc1)[C@H]1CO[C@H]2[C@@H]1OC[C@@H]2O[N+](=O)[O-].Cl. The molecule has 7 nitrogen and oxygen atoms in total. The molecule has 2 aliphatic heterocycles. The quantitative estimate of drug-likeness (QED) is 0.598. The third-order valence-electron chi connectivity index (χ3n) is 4.04. The summed E-state index contributed by atoms with van der Waals surface area (Å²) in [6.07, 6.45) is -1.16. The first-order chi connectivity index (χ1) is 10.1. The molecule has 0 aromatic heterocycles. The highest BCUT2D eigenvalue weighted by molar-refractivity contribution is 5.85. The molecule has 4 atom stereocenters. The van der Waals surface area contributed by atoms with Crippen LogP contribution in [0.3, 0.4) is 0 Å². The summed E-state index contributed by atoms with van der Waals surface area (Å²) in [6.45, 7) is 1.48. The maximum atomic E-state index is 10.5. The lowest BCUT2D eigenvalue weighted by Gasteiger charge is -2.27. The van der Waals surface area contributed by atoms with Gasteiger partial charge < -0.3 is 14.3 Å². The molecule has 0 spiro atoms. The fraction of sp³-hybridized carbons (Fsp3) is 0.571. The first-order valence-corrected chi connectivity index (χ1v) is 6.93. The average molecular weight is 331 g/mol. The molecule has 2 fully saturated rings. The van der Waals surface area contributed by atoms with Crippen LogP contribution in [0.4, 0.5) is 0 Å².